The van der Waals surface area contributed by atoms with Gasteiger partial charge in [-0.25, -0.2) is 4.98 Å². The summed E-state index contributed by atoms with van der Waals surface area (Å²) >= 11 is 1.28. The van der Waals surface area contributed by atoms with Crippen LogP contribution in [0.5, 0.6) is 0 Å². The zero-order chi connectivity index (χ0) is 19.2. The lowest BCUT2D eigenvalue weighted by Gasteiger charge is -2.16. The Balaban J connectivity index is 2.01. The Labute approximate surface area is 161 Å². The molecular formula is C20H18N2O4S. The van der Waals surface area contributed by atoms with Gasteiger partial charge < -0.3 is 9.47 Å². The molecule has 0 spiro atoms. The summed E-state index contributed by atoms with van der Waals surface area (Å²) in [5.74, 6) is -1.28. The third-order valence-electron chi connectivity index (χ3n) is 4.11. The lowest BCUT2D eigenvalue weighted by molar-refractivity contribution is -0.149. The quantitative estimate of drug-likeness (QED) is 0.605. The van der Waals surface area contributed by atoms with E-state index >= 15 is 0 Å². The highest BCUT2D eigenvalue weighted by molar-refractivity contribution is 7.09. The topological polar surface area (TPSA) is 78.4 Å². The van der Waals surface area contributed by atoms with Crippen LogP contribution in [0.25, 0.3) is 22.0 Å². The molecule has 138 valence electrons. The highest BCUT2D eigenvalue weighted by atomic mass is 32.1. The number of aromatic nitrogens is 2. The summed E-state index contributed by atoms with van der Waals surface area (Å²) in [4.78, 5) is 28.7. The maximum Gasteiger partial charge on any atom is 0.313 e. The van der Waals surface area contributed by atoms with Gasteiger partial charge in [0.25, 0.3) is 0 Å². The Bertz CT molecular complexity index is 940. The van der Waals surface area contributed by atoms with Gasteiger partial charge in [-0.2, -0.15) is 4.37 Å². The number of ether oxygens (including phenoxy) is 2. The first-order valence-corrected chi connectivity index (χ1v) is 9.04. The Morgan fingerprint density at radius 3 is 2.41 bits per heavy atom. The Hall–Kier alpha value is -3.06. The molecule has 0 radical (unpaired) electrons. The molecule has 1 aromatic heterocycles. The van der Waals surface area contributed by atoms with Gasteiger partial charge in [-0.1, -0.05) is 54.6 Å². The molecule has 7 heteroatoms. The maximum atomic E-state index is 12.3. The molecule has 2 aromatic carbocycles. The van der Waals surface area contributed by atoms with Gasteiger partial charge in [0.05, 0.1) is 26.6 Å². The minimum Gasteiger partial charge on any atom is -0.469 e. The normalized spacial score (nSPS) is 11.6. The number of esters is 2. The fourth-order valence-electron chi connectivity index (χ4n) is 2.75. The standard InChI is InChI=1S/C20H18N2O4S/c1-25-17(23)12-16(20(24)26-2)14-10-6-7-11-15(14)18-21-19(27-22-18)13-8-4-3-5-9-13/h3-11,16H,12H2,1-2H3/t16-/m1/s1. The van der Waals surface area contributed by atoms with Crippen molar-refractivity contribution in [2.45, 2.75) is 12.3 Å². The van der Waals surface area contributed by atoms with E-state index in [1.807, 2.05) is 42.5 Å². The van der Waals surface area contributed by atoms with Crippen molar-refractivity contribution in [3.05, 3.63) is 60.2 Å². The molecule has 3 rings (SSSR count). The number of benzene rings is 2. The monoisotopic (exact) mass is 382 g/mol. The third-order valence-corrected chi connectivity index (χ3v) is 4.87. The van der Waals surface area contributed by atoms with Crippen molar-refractivity contribution in [2.24, 2.45) is 0 Å². The lowest BCUT2D eigenvalue weighted by atomic mass is 9.91. The van der Waals surface area contributed by atoms with Crippen LogP contribution in [-0.4, -0.2) is 35.5 Å². The highest BCUT2D eigenvalue weighted by Gasteiger charge is 2.28. The van der Waals surface area contributed by atoms with E-state index in [-0.39, 0.29) is 6.42 Å². The molecule has 1 atom stereocenters. The maximum absolute atomic E-state index is 12.3. The van der Waals surface area contributed by atoms with E-state index in [0.29, 0.717) is 17.0 Å². The van der Waals surface area contributed by atoms with Crippen LogP contribution in [-0.2, 0) is 19.1 Å². The van der Waals surface area contributed by atoms with Crippen molar-refractivity contribution < 1.29 is 19.1 Å². The molecule has 0 unspecified atom stereocenters. The first-order valence-electron chi connectivity index (χ1n) is 8.27. The van der Waals surface area contributed by atoms with Crippen molar-refractivity contribution in [3.63, 3.8) is 0 Å². The van der Waals surface area contributed by atoms with Gasteiger partial charge in [-0.05, 0) is 17.1 Å². The average molecular weight is 382 g/mol. The second-order valence-corrected chi connectivity index (χ2v) is 6.48. The van der Waals surface area contributed by atoms with Crippen LogP contribution in [0.4, 0.5) is 0 Å². The predicted molar refractivity (Wildman–Crippen MR) is 102 cm³/mol. The van der Waals surface area contributed by atoms with E-state index in [1.165, 1.54) is 25.8 Å². The van der Waals surface area contributed by atoms with Crippen LogP contribution >= 0.6 is 11.5 Å². The van der Waals surface area contributed by atoms with Crippen LogP contribution in [0.15, 0.2) is 54.6 Å². The lowest BCUT2D eigenvalue weighted by Crippen LogP contribution is -2.19. The van der Waals surface area contributed by atoms with Crippen LogP contribution < -0.4 is 0 Å². The predicted octanol–water partition coefficient (Wildman–Crippen LogP) is 3.69. The van der Waals surface area contributed by atoms with Crippen LogP contribution in [0.3, 0.4) is 0 Å². The molecule has 6 nitrogen and oxygen atoms in total. The number of nitrogens with zero attached hydrogens (tertiary/aromatic N) is 2. The molecule has 0 N–H and O–H groups in total. The van der Waals surface area contributed by atoms with Gasteiger partial charge in [0.2, 0.25) is 0 Å². The summed E-state index contributed by atoms with van der Waals surface area (Å²) < 4.78 is 14.1. The second kappa shape index (κ2) is 8.55. The van der Waals surface area contributed by atoms with Crippen molar-refractivity contribution in [3.8, 4) is 22.0 Å². The molecule has 0 bridgehead atoms. The van der Waals surface area contributed by atoms with Crippen molar-refractivity contribution in [1.82, 2.24) is 9.36 Å². The summed E-state index contributed by atoms with van der Waals surface area (Å²) in [6, 6.07) is 17.0. The molecule has 0 aliphatic heterocycles. The number of hydrogen-bond donors (Lipinski definition) is 0. The fraction of sp³-hybridized carbons (Fsp3) is 0.200. The largest absolute Gasteiger partial charge is 0.469 e. The number of carbonyl (C=O) groups excluding carboxylic acids is 2. The molecule has 0 aliphatic carbocycles. The Morgan fingerprint density at radius 1 is 1.00 bits per heavy atom. The van der Waals surface area contributed by atoms with Gasteiger partial charge in [-0.3, -0.25) is 9.59 Å². The van der Waals surface area contributed by atoms with Gasteiger partial charge in [0, 0.05) is 11.1 Å². The van der Waals surface area contributed by atoms with E-state index in [2.05, 4.69) is 9.36 Å². The van der Waals surface area contributed by atoms with Crippen LogP contribution in [0.2, 0.25) is 0 Å². The first-order chi connectivity index (χ1) is 13.1. The summed E-state index contributed by atoms with van der Waals surface area (Å²) in [5.41, 5.74) is 2.29. The van der Waals surface area contributed by atoms with E-state index in [9.17, 15) is 9.59 Å². The van der Waals surface area contributed by atoms with Crippen molar-refractivity contribution in [1.29, 1.82) is 0 Å². The smallest absolute Gasteiger partial charge is 0.313 e. The Kier molecular flexibility index (Phi) is 5.93. The fourth-order valence-corrected chi connectivity index (χ4v) is 3.43. The molecule has 0 saturated heterocycles. The van der Waals surface area contributed by atoms with Gasteiger partial charge in [0.1, 0.15) is 5.01 Å². The van der Waals surface area contributed by atoms with E-state index in [4.69, 9.17) is 9.47 Å². The highest BCUT2D eigenvalue weighted by Crippen LogP contribution is 2.33. The minimum absolute atomic E-state index is 0.115. The molecule has 0 amide bonds. The van der Waals surface area contributed by atoms with Gasteiger partial charge in [-0.15, -0.1) is 0 Å². The van der Waals surface area contributed by atoms with E-state index < -0.39 is 17.9 Å². The first kappa shape index (κ1) is 18.7. The summed E-state index contributed by atoms with van der Waals surface area (Å²) in [5, 5.41) is 0.781. The van der Waals surface area contributed by atoms with Crippen LogP contribution in [0, 0.1) is 0 Å². The minimum atomic E-state index is -0.790. The average Bonchev–Trinajstić information content (AvgIpc) is 3.22. The van der Waals surface area contributed by atoms with Crippen molar-refractivity contribution in [2.75, 3.05) is 14.2 Å². The molecular weight excluding hydrogens is 364 g/mol. The SMILES string of the molecule is COC(=O)C[C@@H](C(=O)OC)c1ccccc1-c1nsc(-c2ccccc2)n1. The molecule has 1 heterocycles. The van der Waals surface area contributed by atoms with Gasteiger partial charge >= 0.3 is 11.9 Å². The number of carbonyl (C=O) groups is 2. The van der Waals surface area contributed by atoms with Crippen LogP contribution in [0.1, 0.15) is 17.9 Å². The zero-order valence-electron chi connectivity index (χ0n) is 14.9. The van der Waals surface area contributed by atoms with E-state index in [1.54, 1.807) is 12.1 Å². The number of hydrogen-bond acceptors (Lipinski definition) is 7. The number of methoxy groups -OCH3 is 2. The molecule has 0 aliphatic rings. The van der Waals surface area contributed by atoms with E-state index in [0.717, 1.165) is 10.6 Å². The number of rotatable bonds is 6. The molecule has 27 heavy (non-hydrogen) atoms. The van der Waals surface area contributed by atoms with Gasteiger partial charge in [0.15, 0.2) is 5.82 Å². The Morgan fingerprint density at radius 2 is 1.70 bits per heavy atom. The zero-order valence-corrected chi connectivity index (χ0v) is 15.7. The second-order valence-electron chi connectivity index (χ2n) is 5.73. The summed E-state index contributed by atoms with van der Waals surface area (Å²) in [7, 11) is 2.58. The molecule has 0 fully saturated rings. The molecule has 3 aromatic rings. The summed E-state index contributed by atoms with van der Waals surface area (Å²) in [6.45, 7) is 0. The third kappa shape index (κ3) is 4.20. The summed E-state index contributed by atoms with van der Waals surface area (Å²) in [6.07, 6.45) is -0.115. The van der Waals surface area contributed by atoms with Crippen molar-refractivity contribution >= 4 is 23.5 Å². The molecule has 0 saturated carbocycles.